The van der Waals surface area contributed by atoms with Gasteiger partial charge in [-0.25, -0.2) is 4.39 Å². The molecule has 1 rings (SSSR count). The van der Waals surface area contributed by atoms with Crippen molar-refractivity contribution in [3.8, 4) is 6.07 Å². The number of hydrogen-bond acceptors (Lipinski definition) is 2. The van der Waals surface area contributed by atoms with Gasteiger partial charge < -0.3 is 0 Å². The van der Waals surface area contributed by atoms with Gasteiger partial charge in [-0.3, -0.25) is 4.98 Å². The van der Waals surface area contributed by atoms with Crippen molar-refractivity contribution in [3.05, 3.63) is 35.9 Å². The zero-order chi connectivity index (χ0) is 8.97. The minimum absolute atomic E-state index is 0.372. The Morgan fingerprint density at radius 3 is 2.92 bits per heavy atom. The standard InChI is InChI=1S/C9H7FN2/c1-7(4-5-11)9-3-2-8(10)6-12-9/h2-4,6H,1H3/b7-4+. The second kappa shape index (κ2) is 3.63. The molecule has 0 atom stereocenters. The van der Waals surface area contributed by atoms with Crippen LogP contribution in [0, 0.1) is 17.1 Å². The fourth-order valence-corrected chi connectivity index (χ4v) is 0.780. The van der Waals surface area contributed by atoms with Gasteiger partial charge in [-0.05, 0) is 24.6 Å². The zero-order valence-corrected chi connectivity index (χ0v) is 6.58. The smallest absolute Gasteiger partial charge is 0.141 e. The molecule has 0 N–H and O–H groups in total. The highest BCUT2D eigenvalue weighted by Crippen LogP contribution is 2.09. The summed E-state index contributed by atoms with van der Waals surface area (Å²) in [5, 5.41) is 8.32. The summed E-state index contributed by atoms with van der Waals surface area (Å²) < 4.78 is 12.4. The first kappa shape index (κ1) is 8.41. The number of nitrogens with zero attached hydrogens (tertiary/aromatic N) is 2. The van der Waals surface area contributed by atoms with E-state index in [1.165, 1.54) is 12.1 Å². The summed E-state index contributed by atoms with van der Waals surface area (Å²) in [5.74, 6) is -0.372. The lowest BCUT2D eigenvalue weighted by Gasteiger charge is -1.96. The van der Waals surface area contributed by atoms with Gasteiger partial charge in [0.05, 0.1) is 18.0 Å². The van der Waals surface area contributed by atoms with E-state index in [2.05, 4.69) is 4.98 Å². The Morgan fingerprint density at radius 1 is 1.67 bits per heavy atom. The second-order valence-corrected chi connectivity index (χ2v) is 2.32. The molecule has 0 aliphatic rings. The van der Waals surface area contributed by atoms with Gasteiger partial charge in [0.15, 0.2) is 0 Å². The Balaban J connectivity index is 2.99. The van der Waals surface area contributed by atoms with Crippen LogP contribution in [0.4, 0.5) is 4.39 Å². The number of pyridine rings is 1. The third-order valence-electron chi connectivity index (χ3n) is 1.41. The molecule has 2 nitrogen and oxygen atoms in total. The van der Waals surface area contributed by atoms with Gasteiger partial charge in [0.1, 0.15) is 5.82 Å². The Hall–Kier alpha value is -1.69. The van der Waals surface area contributed by atoms with Crippen molar-refractivity contribution in [1.29, 1.82) is 5.26 Å². The molecule has 0 aromatic carbocycles. The summed E-state index contributed by atoms with van der Waals surface area (Å²) in [4.78, 5) is 3.80. The molecule has 60 valence electrons. The minimum Gasteiger partial charge on any atom is -0.254 e. The molecule has 0 aliphatic carbocycles. The van der Waals surface area contributed by atoms with Crippen LogP contribution in [0.2, 0.25) is 0 Å². The van der Waals surface area contributed by atoms with Crippen LogP contribution in [0.1, 0.15) is 12.6 Å². The summed E-state index contributed by atoms with van der Waals surface area (Å²) in [6, 6.07) is 4.74. The van der Waals surface area contributed by atoms with Crippen molar-refractivity contribution in [2.75, 3.05) is 0 Å². The van der Waals surface area contributed by atoms with E-state index in [1.807, 2.05) is 6.07 Å². The maximum Gasteiger partial charge on any atom is 0.141 e. The van der Waals surface area contributed by atoms with Crippen LogP contribution in [0.5, 0.6) is 0 Å². The predicted octanol–water partition coefficient (Wildman–Crippen LogP) is 2.15. The van der Waals surface area contributed by atoms with Crippen molar-refractivity contribution in [3.63, 3.8) is 0 Å². The first-order valence-electron chi connectivity index (χ1n) is 3.42. The van der Waals surface area contributed by atoms with E-state index < -0.39 is 0 Å². The van der Waals surface area contributed by atoms with Gasteiger partial charge in [-0.1, -0.05) is 0 Å². The van der Waals surface area contributed by atoms with Crippen molar-refractivity contribution in [2.24, 2.45) is 0 Å². The predicted molar refractivity (Wildman–Crippen MR) is 43.5 cm³/mol. The van der Waals surface area contributed by atoms with E-state index in [1.54, 1.807) is 13.0 Å². The molecule has 12 heavy (non-hydrogen) atoms. The number of hydrogen-bond donors (Lipinski definition) is 0. The first-order chi connectivity index (χ1) is 5.74. The van der Waals surface area contributed by atoms with Crippen LogP contribution >= 0.6 is 0 Å². The third kappa shape index (κ3) is 1.89. The van der Waals surface area contributed by atoms with Crippen LogP contribution in [-0.4, -0.2) is 4.98 Å². The lowest BCUT2D eigenvalue weighted by Crippen LogP contribution is -1.85. The molecule has 0 spiro atoms. The molecule has 0 aliphatic heterocycles. The fourth-order valence-electron chi connectivity index (χ4n) is 0.780. The summed E-state index contributed by atoms with van der Waals surface area (Å²) in [6.45, 7) is 1.75. The Labute approximate surface area is 70.0 Å². The summed E-state index contributed by atoms with van der Waals surface area (Å²) in [6.07, 6.45) is 2.50. The molecular formula is C9H7FN2. The maximum absolute atomic E-state index is 12.4. The van der Waals surface area contributed by atoms with E-state index in [0.29, 0.717) is 5.69 Å². The molecule has 0 unspecified atom stereocenters. The average Bonchev–Trinajstić information content (AvgIpc) is 2.06. The van der Waals surface area contributed by atoms with Gasteiger partial charge in [-0.15, -0.1) is 0 Å². The summed E-state index contributed by atoms with van der Waals surface area (Å²) in [7, 11) is 0. The normalized spacial score (nSPS) is 10.9. The lowest BCUT2D eigenvalue weighted by atomic mass is 10.2. The molecule has 1 aromatic rings. The quantitative estimate of drug-likeness (QED) is 0.593. The number of allylic oxidation sites excluding steroid dienone is 2. The Morgan fingerprint density at radius 2 is 2.42 bits per heavy atom. The van der Waals surface area contributed by atoms with E-state index in [0.717, 1.165) is 11.8 Å². The van der Waals surface area contributed by atoms with Gasteiger partial charge in [-0.2, -0.15) is 5.26 Å². The summed E-state index contributed by atoms with van der Waals surface area (Å²) in [5.41, 5.74) is 1.36. The monoisotopic (exact) mass is 162 g/mol. The topological polar surface area (TPSA) is 36.7 Å². The van der Waals surface area contributed by atoms with Crippen LogP contribution in [0.25, 0.3) is 5.57 Å². The largest absolute Gasteiger partial charge is 0.254 e. The summed E-state index contributed by atoms with van der Waals surface area (Å²) >= 11 is 0. The van der Waals surface area contributed by atoms with Gasteiger partial charge >= 0.3 is 0 Å². The van der Waals surface area contributed by atoms with Gasteiger partial charge in [0.25, 0.3) is 0 Å². The highest BCUT2D eigenvalue weighted by Gasteiger charge is 1.96. The lowest BCUT2D eigenvalue weighted by molar-refractivity contribution is 0.621. The molecule has 0 radical (unpaired) electrons. The van der Waals surface area contributed by atoms with Gasteiger partial charge in [0, 0.05) is 6.08 Å². The number of halogens is 1. The van der Waals surface area contributed by atoms with Crippen LogP contribution in [-0.2, 0) is 0 Å². The van der Waals surface area contributed by atoms with E-state index in [9.17, 15) is 4.39 Å². The molecule has 3 heteroatoms. The third-order valence-corrected chi connectivity index (χ3v) is 1.41. The Kier molecular flexibility index (Phi) is 2.54. The number of nitriles is 1. The van der Waals surface area contributed by atoms with Crippen molar-refractivity contribution < 1.29 is 4.39 Å². The SMILES string of the molecule is C/C(=C\C#N)c1ccc(F)cn1. The minimum atomic E-state index is -0.372. The van der Waals surface area contributed by atoms with Crippen LogP contribution in [0.3, 0.4) is 0 Å². The molecule has 0 saturated heterocycles. The molecule has 0 amide bonds. The highest BCUT2D eigenvalue weighted by molar-refractivity contribution is 5.62. The molecule has 0 bridgehead atoms. The Bertz CT molecular complexity index is 333. The average molecular weight is 162 g/mol. The van der Waals surface area contributed by atoms with Crippen molar-refractivity contribution in [2.45, 2.75) is 6.92 Å². The number of rotatable bonds is 1. The molecular weight excluding hydrogens is 155 g/mol. The van der Waals surface area contributed by atoms with E-state index >= 15 is 0 Å². The highest BCUT2D eigenvalue weighted by atomic mass is 19.1. The fraction of sp³-hybridized carbons (Fsp3) is 0.111. The maximum atomic E-state index is 12.4. The molecule has 1 heterocycles. The van der Waals surface area contributed by atoms with E-state index in [-0.39, 0.29) is 5.82 Å². The first-order valence-corrected chi connectivity index (χ1v) is 3.42. The van der Waals surface area contributed by atoms with E-state index in [4.69, 9.17) is 5.26 Å². The molecule has 0 fully saturated rings. The molecule has 0 saturated carbocycles. The van der Waals surface area contributed by atoms with Crippen LogP contribution in [0.15, 0.2) is 24.4 Å². The zero-order valence-electron chi connectivity index (χ0n) is 6.58. The van der Waals surface area contributed by atoms with Crippen LogP contribution < -0.4 is 0 Å². The van der Waals surface area contributed by atoms with Crippen molar-refractivity contribution >= 4 is 5.57 Å². The second-order valence-electron chi connectivity index (χ2n) is 2.32. The van der Waals surface area contributed by atoms with Crippen molar-refractivity contribution in [1.82, 2.24) is 4.98 Å². The number of aromatic nitrogens is 1. The van der Waals surface area contributed by atoms with Gasteiger partial charge in [0.2, 0.25) is 0 Å². The molecule has 1 aromatic heterocycles.